The van der Waals surface area contributed by atoms with Crippen molar-refractivity contribution >= 4 is 50.9 Å². The average molecular weight is 490 g/mol. The molecule has 162 valence electrons. The zero-order valence-corrected chi connectivity index (χ0v) is 19.3. The van der Waals surface area contributed by atoms with Gasteiger partial charge >= 0.3 is 0 Å². The monoisotopic (exact) mass is 489 g/mol. The standard InChI is InChI=1S/C19H21Cl2N3O4S2/c1-13(14-2-4-16(20)17(21)10-14)23-18(25)12-29-19-5-3-15(11-22-19)30(26,27)24-6-8-28-9-7-24/h2-5,10-11,13H,6-9,12H2,1H3,(H,23,25). The molecule has 3 rings (SSSR count). The first-order chi connectivity index (χ1) is 14.3. The third kappa shape index (κ3) is 5.87. The number of pyridine rings is 1. The third-order valence-corrected chi connectivity index (χ3v) is 8.05. The number of hydrogen-bond acceptors (Lipinski definition) is 6. The first-order valence-corrected chi connectivity index (χ1v) is 12.4. The fraction of sp³-hybridized carbons (Fsp3) is 0.368. The summed E-state index contributed by atoms with van der Waals surface area (Å²) in [7, 11) is -3.58. The minimum atomic E-state index is -3.58. The number of nitrogens with one attached hydrogen (secondary N) is 1. The van der Waals surface area contributed by atoms with E-state index < -0.39 is 10.0 Å². The van der Waals surface area contributed by atoms with Crippen molar-refractivity contribution in [1.29, 1.82) is 0 Å². The van der Waals surface area contributed by atoms with Gasteiger partial charge in [-0.05, 0) is 36.8 Å². The smallest absolute Gasteiger partial charge is 0.244 e. The Bertz CT molecular complexity index is 997. The topological polar surface area (TPSA) is 88.6 Å². The van der Waals surface area contributed by atoms with E-state index in [2.05, 4.69) is 10.3 Å². The lowest BCUT2D eigenvalue weighted by Crippen LogP contribution is -2.40. The minimum absolute atomic E-state index is 0.131. The Morgan fingerprint density at radius 2 is 1.97 bits per heavy atom. The fourth-order valence-corrected chi connectivity index (χ4v) is 5.14. The molecule has 1 fully saturated rings. The molecular weight excluding hydrogens is 469 g/mol. The van der Waals surface area contributed by atoms with Crippen molar-refractivity contribution in [2.24, 2.45) is 0 Å². The van der Waals surface area contributed by atoms with Crippen LogP contribution in [-0.4, -0.2) is 55.7 Å². The van der Waals surface area contributed by atoms with Crippen LogP contribution in [0.1, 0.15) is 18.5 Å². The lowest BCUT2D eigenvalue weighted by atomic mass is 10.1. The summed E-state index contributed by atoms with van der Waals surface area (Å²) >= 11 is 13.2. The Hall–Kier alpha value is -1.36. The molecule has 1 N–H and O–H groups in total. The molecule has 0 saturated carbocycles. The van der Waals surface area contributed by atoms with Crippen molar-refractivity contribution in [2.45, 2.75) is 22.9 Å². The minimum Gasteiger partial charge on any atom is -0.379 e. The normalized spacial score (nSPS) is 16.2. The number of ether oxygens (including phenoxy) is 1. The van der Waals surface area contributed by atoms with Gasteiger partial charge in [0, 0.05) is 19.3 Å². The van der Waals surface area contributed by atoms with Crippen molar-refractivity contribution in [3.05, 3.63) is 52.1 Å². The van der Waals surface area contributed by atoms with Crippen LogP contribution in [0.25, 0.3) is 0 Å². The van der Waals surface area contributed by atoms with E-state index in [9.17, 15) is 13.2 Å². The molecule has 0 bridgehead atoms. The highest BCUT2D eigenvalue weighted by Gasteiger charge is 2.26. The van der Waals surface area contributed by atoms with Crippen LogP contribution in [-0.2, 0) is 19.6 Å². The number of thioether (sulfide) groups is 1. The van der Waals surface area contributed by atoms with Crippen molar-refractivity contribution in [2.75, 3.05) is 32.1 Å². The zero-order chi connectivity index (χ0) is 21.7. The number of morpholine rings is 1. The lowest BCUT2D eigenvalue weighted by molar-refractivity contribution is -0.119. The first kappa shape index (κ1) is 23.3. The number of rotatable bonds is 7. The maximum atomic E-state index is 12.6. The maximum Gasteiger partial charge on any atom is 0.244 e. The summed E-state index contributed by atoms with van der Waals surface area (Å²) in [4.78, 5) is 16.6. The van der Waals surface area contributed by atoms with Crippen molar-refractivity contribution in [3.63, 3.8) is 0 Å². The Morgan fingerprint density at radius 1 is 1.23 bits per heavy atom. The van der Waals surface area contributed by atoms with E-state index in [0.717, 1.165) is 5.56 Å². The fourth-order valence-electron chi connectivity index (χ4n) is 2.83. The number of nitrogens with zero attached hydrogens (tertiary/aromatic N) is 2. The van der Waals surface area contributed by atoms with Gasteiger partial charge in [-0.15, -0.1) is 0 Å². The van der Waals surface area contributed by atoms with Gasteiger partial charge in [0.2, 0.25) is 15.9 Å². The van der Waals surface area contributed by atoms with Crippen LogP contribution in [0.4, 0.5) is 0 Å². The van der Waals surface area contributed by atoms with Crippen LogP contribution >= 0.6 is 35.0 Å². The van der Waals surface area contributed by atoms with E-state index in [1.165, 1.54) is 28.3 Å². The van der Waals surface area contributed by atoms with E-state index in [1.54, 1.807) is 18.2 Å². The predicted molar refractivity (Wildman–Crippen MR) is 118 cm³/mol. The summed E-state index contributed by atoms with van der Waals surface area (Å²) in [5.41, 5.74) is 0.846. The van der Waals surface area contributed by atoms with Gasteiger partial charge in [0.15, 0.2) is 0 Å². The molecule has 0 aliphatic carbocycles. The molecule has 1 aliphatic rings. The van der Waals surface area contributed by atoms with E-state index in [-0.39, 0.29) is 22.6 Å². The Balaban J connectivity index is 1.54. The number of carbonyl (C=O) groups is 1. The number of amides is 1. The van der Waals surface area contributed by atoms with Crippen LogP contribution in [0.5, 0.6) is 0 Å². The Kier molecular flexibility index (Phi) is 8.00. The molecule has 1 aliphatic heterocycles. The van der Waals surface area contributed by atoms with Gasteiger partial charge in [-0.1, -0.05) is 41.0 Å². The van der Waals surface area contributed by atoms with Gasteiger partial charge in [0.1, 0.15) is 4.90 Å². The molecule has 1 atom stereocenters. The number of sulfonamides is 1. The average Bonchev–Trinajstić information content (AvgIpc) is 2.75. The lowest BCUT2D eigenvalue weighted by Gasteiger charge is -2.25. The van der Waals surface area contributed by atoms with Crippen LogP contribution in [0, 0.1) is 0 Å². The van der Waals surface area contributed by atoms with E-state index in [4.69, 9.17) is 27.9 Å². The number of aromatic nitrogens is 1. The molecule has 30 heavy (non-hydrogen) atoms. The van der Waals surface area contributed by atoms with E-state index in [0.29, 0.717) is 41.4 Å². The second kappa shape index (κ2) is 10.3. The van der Waals surface area contributed by atoms with Gasteiger partial charge in [-0.2, -0.15) is 4.31 Å². The highest BCUT2D eigenvalue weighted by atomic mass is 35.5. The molecule has 2 aromatic rings. The van der Waals surface area contributed by atoms with Crippen LogP contribution in [0.2, 0.25) is 10.0 Å². The second-order valence-corrected chi connectivity index (χ2v) is 10.3. The molecule has 1 unspecified atom stereocenters. The third-order valence-electron chi connectivity index (χ3n) is 4.49. The number of halogens is 2. The van der Waals surface area contributed by atoms with Crippen LogP contribution < -0.4 is 5.32 Å². The predicted octanol–water partition coefficient (Wildman–Crippen LogP) is 3.38. The molecule has 0 spiro atoms. The van der Waals surface area contributed by atoms with Crippen molar-refractivity contribution < 1.29 is 17.9 Å². The van der Waals surface area contributed by atoms with Crippen LogP contribution in [0.3, 0.4) is 0 Å². The Labute approximate surface area is 190 Å². The molecular formula is C19H21Cl2N3O4S2. The number of hydrogen-bond donors (Lipinski definition) is 1. The quantitative estimate of drug-likeness (QED) is 0.599. The Morgan fingerprint density at radius 3 is 2.60 bits per heavy atom. The molecule has 1 amide bonds. The second-order valence-electron chi connectivity index (χ2n) is 6.60. The summed E-state index contributed by atoms with van der Waals surface area (Å²) in [5, 5.41) is 4.34. The summed E-state index contributed by atoms with van der Waals surface area (Å²) < 4.78 is 31.8. The molecule has 7 nitrogen and oxygen atoms in total. The van der Waals surface area contributed by atoms with E-state index >= 15 is 0 Å². The summed E-state index contributed by atoms with van der Waals surface area (Å²) in [6.45, 7) is 3.28. The largest absolute Gasteiger partial charge is 0.379 e. The summed E-state index contributed by atoms with van der Waals surface area (Å²) in [6.07, 6.45) is 1.32. The van der Waals surface area contributed by atoms with Gasteiger partial charge in [-0.3, -0.25) is 4.79 Å². The van der Waals surface area contributed by atoms with Crippen molar-refractivity contribution in [1.82, 2.24) is 14.6 Å². The van der Waals surface area contributed by atoms with Crippen molar-refractivity contribution in [3.8, 4) is 0 Å². The highest BCUT2D eigenvalue weighted by molar-refractivity contribution is 7.99. The molecule has 1 aromatic carbocycles. The molecule has 1 saturated heterocycles. The SMILES string of the molecule is CC(NC(=O)CSc1ccc(S(=O)(=O)N2CCOCC2)cn1)c1ccc(Cl)c(Cl)c1. The summed E-state index contributed by atoms with van der Waals surface area (Å²) in [6, 6.07) is 8.09. The van der Waals surface area contributed by atoms with Gasteiger partial charge < -0.3 is 10.1 Å². The van der Waals surface area contributed by atoms with Gasteiger partial charge in [0.25, 0.3) is 0 Å². The first-order valence-electron chi connectivity index (χ1n) is 9.18. The van der Waals surface area contributed by atoms with Gasteiger partial charge in [-0.25, -0.2) is 13.4 Å². The number of carbonyl (C=O) groups excluding carboxylic acids is 1. The van der Waals surface area contributed by atoms with E-state index in [1.807, 2.05) is 13.0 Å². The van der Waals surface area contributed by atoms with Crippen LogP contribution in [0.15, 0.2) is 46.5 Å². The number of benzene rings is 1. The highest BCUT2D eigenvalue weighted by Crippen LogP contribution is 2.26. The molecule has 2 heterocycles. The van der Waals surface area contributed by atoms with Gasteiger partial charge in [0.05, 0.1) is 40.1 Å². The zero-order valence-electron chi connectivity index (χ0n) is 16.2. The molecule has 0 radical (unpaired) electrons. The summed E-state index contributed by atoms with van der Waals surface area (Å²) in [5.74, 6) is -0.0285. The molecule has 11 heteroatoms. The maximum absolute atomic E-state index is 12.6. The molecule has 1 aromatic heterocycles.